The van der Waals surface area contributed by atoms with E-state index in [0.717, 1.165) is 53.1 Å². The predicted octanol–water partition coefficient (Wildman–Crippen LogP) is 6.34. The third kappa shape index (κ3) is 8.21. The molecule has 0 bridgehead atoms. The Bertz CT molecular complexity index is 2330. The van der Waals surface area contributed by atoms with Crippen LogP contribution < -0.4 is 15.8 Å². The van der Waals surface area contributed by atoms with E-state index >= 15 is 0 Å². The van der Waals surface area contributed by atoms with Gasteiger partial charge in [0.25, 0.3) is 5.56 Å². The van der Waals surface area contributed by atoms with Gasteiger partial charge in [-0.25, -0.2) is 19.6 Å². The number of pyridine rings is 1. The first-order valence-corrected chi connectivity index (χ1v) is 19.1. The summed E-state index contributed by atoms with van der Waals surface area (Å²) in [4.78, 5) is 56.1. The monoisotopic (exact) mass is 759 g/mol. The van der Waals surface area contributed by atoms with Gasteiger partial charge in [0.15, 0.2) is 5.60 Å². The summed E-state index contributed by atoms with van der Waals surface area (Å²) in [6.45, 7) is 6.92. The number of likely N-dealkylation sites (N-methyl/N-ethyl adjacent to an activating group) is 1. The Hall–Kier alpha value is -5.87. The lowest BCUT2D eigenvalue weighted by Gasteiger charge is -2.36. The van der Waals surface area contributed by atoms with E-state index in [1.165, 1.54) is 4.90 Å². The minimum absolute atomic E-state index is 0.0872. The van der Waals surface area contributed by atoms with E-state index in [-0.39, 0.29) is 37.3 Å². The standard InChI is InChI=1S/C43H49N7O6/c1-7-28-18-22-50(23-19-28)39-46-35-16-13-29(34-26-49(6)38(51)36-32(34)17-20-44-36)25-33(35)37(47-39)43(55-31-14-15-31,30-11-9-8-10-12-30)27-54-41(53)48(5)24-21-45-40(52)56-42(2,3)4/h1,8-13,16-17,20,25-26,28,31,44H,14-15,18-19,21-24,27H2,2-6H3,(H,45,52). The zero-order valence-corrected chi connectivity index (χ0v) is 32.6. The van der Waals surface area contributed by atoms with Crippen molar-refractivity contribution in [2.75, 3.05) is 44.7 Å². The second kappa shape index (κ2) is 15.7. The summed E-state index contributed by atoms with van der Waals surface area (Å²) >= 11 is 0. The largest absolute Gasteiger partial charge is 0.446 e. The smallest absolute Gasteiger partial charge is 0.409 e. The number of anilines is 1. The van der Waals surface area contributed by atoms with E-state index in [2.05, 4.69) is 21.1 Å². The van der Waals surface area contributed by atoms with Crippen LogP contribution >= 0.6 is 0 Å². The number of carbonyl (C=O) groups excluding carboxylic acids is 2. The normalized spacial score (nSPS) is 16.0. The van der Waals surface area contributed by atoms with Crippen molar-refractivity contribution in [3.8, 4) is 23.5 Å². The lowest BCUT2D eigenvalue weighted by atomic mass is 9.87. The number of aromatic nitrogens is 4. The third-order valence-electron chi connectivity index (χ3n) is 10.2. The van der Waals surface area contributed by atoms with Crippen LogP contribution in [0.1, 0.15) is 57.7 Å². The molecule has 5 aromatic rings. The molecule has 2 aliphatic rings. The van der Waals surface area contributed by atoms with Crippen molar-refractivity contribution in [1.29, 1.82) is 0 Å². The number of benzene rings is 2. The molecular formula is C43H49N7O6. The maximum atomic E-state index is 13.7. The van der Waals surface area contributed by atoms with Crippen LogP contribution in [-0.2, 0) is 26.9 Å². The number of hydrogen-bond donors (Lipinski definition) is 2. The Kier molecular flexibility index (Phi) is 10.8. The Morgan fingerprint density at radius 3 is 2.48 bits per heavy atom. The molecule has 2 amide bonds. The second-order valence-corrected chi connectivity index (χ2v) is 15.7. The molecule has 292 valence electrons. The number of hydrogen-bond acceptors (Lipinski definition) is 9. The van der Waals surface area contributed by atoms with Crippen LogP contribution in [0.3, 0.4) is 0 Å². The van der Waals surface area contributed by atoms with Crippen molar-refractivity contribution in [3.05, 3.63) is 88.6 Å². The maximum absolute atomic E-state index is 13.7. The minimum Gasteiger partial charge on any atom is -0.446 e. The van der Waals surface area contributed by atoms with E-state index in [9.17, 15) is 14.4 Å². The van der Waals surface area contributed by atoms with Crippen molar-refractivity contribution >= 4 is 39.9 Å². The second-order valence-electron chi connectivity index (χ2n) is 15.7. The van der Waals surface area contributed by atoms with Gasteiger partial charge in [-0.1, -0.05) is 36.4 Å². The average Bonchev–Trinajstić information content (AvgIpc) is 3.87. The zero-order valence-electron chi connectivity index (χ0n) is 32.6. The van der Waals surface area contributed by atoms with Crippen LogP contribution in [0, 0.1) is 18.3 Å². The Balaban J connectivity index is 1.33. The number of rotatable bonds is 11. The molecule has 1 aliphatic heterocycles. The van der Waals surface area contributed by atoms with E-state index in [1.54, 1.807) is 45.6 Å². The van der Waals surface area contributed by atoms with Gasteiger partial charge in [-0.2, -0.15) is 0 Å². The fourth-order valence-corrected chi connectivity index (χ4v) is 7.11. The van der Waals surface area contributed by atoms with Crippen LogP contribution in [0.2, 0.25) is 0 Å². The number of aryl methyl sites for hydroxylation is 1. The van der Waals surface area contributed by atoms with Gasteiger partial charge in [-0.05, 0) is 75.8 Å². The van der Waals surface area contributed by atoms with Crippen LogP contribution in [0.4, 0.5) is 15.5 Å². The molecular weight excluding hydrogens is 711 g/mol. The summed E-state index contributed by atoms with van der Waals surface area (Å²) in [5.41, 5.74) is 2.15. The van der Waals surface area contributed by atoms with E-state index in [4.69, 9.17) is 30.6 Å². The fraction of sp³-hybridized carbons (Fsp3) is 0.419. The van der Waals surface area contributed by atoms with Gasteiger partial charge in [-0.15, -0.1) is 12.3 Å². The van der Waals surface area contributed by atoms with E-state index in [0.29, 0.717) is 35.8 Å². The molecule has 2 fully saturated rings. The van der Waals surface area contributed by atoms with Crippen LogP contribution in [0.25, 0.3) is 32.9 Å². The molecule has 1 saturated heterocycles. The molecule has 3 aromatic heterocycles. The number of aromatic amines is 1. The molecule has 0 spiro atoms. The fourth-order valence-electron chi connectivity index (χ4n) is 7.11. The summed E-state index contributed by atoms with van der Waals surface area (Å²) < 4.78 is 20.2. The van der Waals surface area contributed by atoms with Crippen molar-refractivity contribution < 1.29 is 23.8 Å². The van der Waals surface area contributed by atoms with Gasteiger partial charge in [0.05, 0.1) is 17.3 Å². The Labute approximate surface area is 326 Å². The van der Waals surface area contributed by atoms with Gasteiger partial charge in [0.1, 0.15) is 17.7 Å². The summed E-state index contributed by atoms with van der Waals surface area (Å²) in [7, 11) is 3.35. The highest BCUT2D eigenvalue weighted by atomic mass is 16.6. The average molecular weight is 760 g/mol. The van der Waals surface area contributed by atoms with Crippen molar-refractivity contribution in [3.63, 3.8) is 0 Å². The summed E-state index contributed by atoms with van der Waals surface area (Å²) in [6.07, 6.45) is 11.5. The van der Waals surface area contributed by atoms with Gasteiger partial charge in [-0.3, -0.25) is 4.79 Å². The molecule has 1 aliphatic carbocycles. The third-order valence-corrected chi connectivity index (χ3v) is 10.2. The lowest BCUT2D eigenvalue weighted by molar-refractivity contribution is -0.0734. The van der Waals surface area contributed by atoms with Crippen LogP contribution in [0.15, 0.2) is 71.8 Å². The first-order chi connectivity index (χ1) is 26.8. The molecule has 0 radical (unpaired) electrons. The highest BCUT2D eigenvalue weighted by Gasteiger charge is 2.45. The molecule has 1 unspecified atom stereocenters. The number of nitrogens with one attached hydrogen (secondary N) is 2. The summed E-state index contributed by atoms with van der Waals surface area (Å²) in [6, 6.07) is 17.7. The molecule has 13 heteroatoms. The van der Waals surface area contributed by atoms with Gasteiger partial charge >= 0.3 is 12.2 Å². The number of piperidine rings is 1. The topological polar surface area (TPSA) is 144 Å². The Morgan fingerprint density at radius 1 is 1.04 bits per heavy atom. The highest BCUT2D eigenvalue weighted by molar-refractivity contribution is 5.97. The quantitative estimate of drug-likeness (QED) is 0.148. The van der Waals surface area contributed by atoms with Crippen molar-refractivity contribution in [2.45, 2.75) is 63.8 Å². The number of amides is 2. The van der Waals surface area contributed by atoms with E-state index in [1.807, 2.05) is 60.8 Å². The van der Waals surface area contributed by atoms with Crippen molar-refractivity contribution in [1.82, 2.24) is 29.7 Å². The number of terminal acetylenes is 1. The van der Waals surface area contributed by atoms with Crippen LogP contribution in [0.5, 0.6) is 0 Å². The van der Waals surface area contributed by atoms with Crippen LogP contribution in [-0.4, -0.2) is 88.1 Å². The van der Waals surface area contributed by atoms with Gasteiger partial charge in [0.2, 0.25) is 5.95 Å². The molecule has 4 heterocycles. The molecule has 13 nitrogen and oxygen atoms in total. The number of nitrogens with zero attached hydrogens (tertiary/aromatic N) is 5. The minimum atomic E-state index is -1.34. The van der Waals surface area contributed by atoms with Gasteiger partial charge in [0, 0.05) is 74.9 Å². The number of ether oxygens (including phenoxy) is 3. The molecule has 7 rings (SSSR count). The Morgan fingerprint density at radius 2 is 1.79 bits per heavy atom. The van der Waals surface area contributed by atoms with Gasteiger partial charge < -0.3 is 38.9 Å². The first kappa shape index (κ1) is 38.4. The number of fused-ring (bicyclic) bond motifs is 2. The lowest BCUT2D eigenvalue weighted by Crippen LogP contribution is -2.43. The summed E-state index contributed by atoms with van der Waals surface area (Å²) in [5.74, 6) is 3.64. The molecule has 2 N–H and O–H groups in total. The molecule has 56 heavy (non-hydrogen) atoms. The maximum Gasteiger partial charge on any atom is 0.409 e. The zero-order chi connectivity index (χ0) is 39.6. The SMILES string of the molecule is C#CC1CCN(c2nc(C(COC(=O)N(C)CCNC(=O)OC(C)(C)C)(OC3CC3)c3ccccc3)c3cc(-c4cn(C)c(=O)c5[nH]ccc45)ccc3n2)CC1. The number of carbonyl (C=O) groups is 2. The van der Waals surface area contributed by atoms with Crippen molar-refractivity contribution in [2.24, 2.45) is 13.0 Å². The molecule has 1 atom stereocenters. The van der Waals surface area contributed by atoms with E-state index < -0.39 is 23.4 Å². The molecule has 1 saturated carbocycles. The molecule has 2 aromatic carbocycles. The predicted molar refractivity (Wildman–Crippen MR) is 215 cm³/mol. The number of alkyl carbamates (subject to hydrolysis) is 1. The first-order valence-electron chi connectivity index (χ1n) is 19.1. The highest BCUT2D eigenvalue weighted by Crippen LogP contribution is 2.44. The summed E-state index contributed by atoms with van der Waals surface area (Å²) in [5, 5.41) is 4.21. The number of H-pyrrole nitrogens is 1.